The summed E-state index contributed by atoms with van der Waals surface area (Å²) in [6.45, 7) is 1.71. The molecule has 6 nitrogen and oxygen atoms in total. The summed E-state index contributed by atoms with van der Waals surface area (Å²) in [5.41, 5.74) is 0.905. The Balaban J connectivity index is 2.47. The van der Waals surface area contributed by atoms with Crippen LogP contribution < -0.4 is 5.32 Å². The van der Waals surface area contributed by atoms with Crippen LogP contribution in [0.5, 0.6) is 0 Å². The van der Waals surface area contributed by atoms with Crippen LogP contribution >= 0.6 is 0 Å². The molecule has 1 aromatic rings. The smallest absolute Gasteiger partial charge is 0.335 e. The van der Waals surface area contributed by atoms with Crippen molar-refractivity contribution in [2.75, 3.05) is 20.1 Å². The van der Waals surface area contributed by atoms with Gasteiger partial charge in [-0.15, -0.1) is 0 Å². The Labute approximate surface area is 117 Å². The zero-order chi connectivity index (χ0) is 15.1. The molecular weight excluding hydrogens is 260 g/mol. The highest BCUT2D eigenvalue weighted by molar-refractivity contribution is 5.89. The Bertz CT molecular complexity index is 514. The molecule has 0 fully saturated rings. The van der Waals surface area contributed by atoms with Gasteiger partial charge in [-0.3, -0.25) is 9.59 Å². The predicted octanol–water partition coefficient (Wildman–Crippen LogP) is 0.522. The van der Waals surface area contributed by atoms with Crippen LogP contribution in [0, 0.1) is 0 Å². The molecule has 0 atom stereocenters. The van der Waals surface area contributed by atoms with Gasteiger partial charge in [0.05, 0.1) is 12.1 Å². The Kier molecular flexibility index (Phi) is 5.71. The molecule has 6 heteroatoms. The molecule has 1 rings (SSSR count). The first-order valence-electron chi connectivity index (χ1n) is 6.21. The lowest BCUT2D eigenvalue weighted by Gasteiger charge is -2.14. The molecule has 0 radical (unpaired) electrons. The summed E-state index contributed by atoms with van der Waals surface area (Å²) >= 11 is 0. The number of benzene rings is 1. The highest BCUT2D eigenvalue weighted by atomic mass is 16.4. The van der Waals surface area contributed by atoms with E-state index < -0.39 is 5.97 Å². The van der Waals surface area contributed by atoms with E-state index in [1.54, 1.807) is 25.2 Å². The van der Waals surface area contributed by atoms with Gasteiger partial charge >= 0.3 is 5.97 Å². The van der Waals surface area contributed by atoms with Gasteiger partial charge in [-0.25, -0.2) is 4.79 Å². The Morgan fingerprint density at radius 2 is 1.90 bits per heavy atom. The number of aromatic carboxylic acids is 1. The van der Waals surface area contributed by atoms with Crippen molar-refractivity contribution in [1.29, 1.82) is 0 Å². The maximum absolute atomic E-state index is 11.5. The number of rotatable bonds is 6. The van der Waals surface area contributed by atoms with Crippen LogP contribution in [-0.4, -0.2) is 47.9 Å². The number of amides is 2. The number of hydrogen-bond donors (Lipinski definition) is 2. The van der Waals surface area contributed by atoms with Crippen molar-refractivity contribution in [1.82, 2.24) is 10.2 Å². The second-order valence-corrected chi connectivity index (χ2v) is 4.44. The summed E-state index contributed by atoms with van der Waals surface area (Å²) in [6, 6.07) is 6.67. The van der Waals surface area contributed by atoms with E-state index in [2.05, 4.69) is 5.32 Å². The van der Waals surface area contributed by atoms with E-state index in [-0.39, 0.29) is 23.9 Å². The molecule has 0 heterocycles. The van der Waals surface area contributed by atoms with Crippen LogP contribution in [0.2, 0.25) is 0 Å². The summed E-state index contributed by atoms with van der Waals surface area (Å²) in [6.07, 6.45) is 0.429. The Morgan fingerprint density at radius 1 is 1.25 bits per heavy atom. The average molecular weight is 278 g/mol. The lowest BCUT2D eigenvalue weighted by molar-refractivity contribution is -0.133. The van der Waals surface area contributed by atoms with Crippen molar-refractivity contribution >= 4 is 17.8 Å². The van der Waals surface area contributed by atoms with Gasteiger partial charge < -0.3 is 15.3 Å². The number of nitrogens with one attached hydrogen (secondary N) is 1. The first-order chi connectivity index (χ1) is 9.41. The molecule has 1 aromatic carbocycles. The molecule has 0 bridgehead atoms. The van der Waals surface area contributed by atoms with Crippen LogP contribution in [0.25, 0.3) is 0 Å². The van der Waals surface area contributed by atoms with Crippen LogP contribution in [0.3, 0.4) is 0 Å². The Morgan fingerprint density at radius 3 is 2.50 bits per heavy atom. The fourth-order valence-corrected chi connectivity index (χ4v) is 1.67. The maximum atomic E-state index is 11.5. The van der Waals surface area contributed by atoms with Crippen molar-refractivity contribution in [3.63, 3.8) is 0 Å². The Hall–Kier alpha value is -2.37. The van der Waals surface area contributed by atoms with Gasteiger partial charge in [-0.1, -0.05) is 18.2 Å². The molecule has 0 unspecified atom stereocenters. The van der Waals surface area contributed by atoms with E-state index in [1.165, 1.54) is 17.9 Å². The van der Waals surface area contributed by atoms with Gasteiger partial charge in [0.25, 0.3) is 0 Å². The number of carbonyl (C=O) groups is 3. The molecule has 0 aliphatic carbocycles. The molecule has 0 spiro atoms. The zero-order valence-electron chi connectivity index (χ0n) is 11.5. The van der Waals surface area contributed by atoms with Gasteiger partial charge in [0.1, 0.15) is 0 Å². The number of likely N-dealkylation sites (N-methyl/N-ethyl adjacent to an activating group) is 1. The maximum Gasteiger partial charge on any atom is 0.335 e. The van der Waals surface area contributed by atoms with Crippen molar-refractivity contribution < 1.29 is 19.5 Å². The van der Waals surface area contributed by atoms with Gasteiger partial charge in [-0.05, 0) is 18.1 Å². The number of carboxylic acid groups (broad SMARTS) is 1. The fourth-order valence-electron chi connectivity index (χ4n) is 1.67. The van der Waals surface area contributed by atoms with Crippen LogP contribution in [0.4, 0.5) is 0 Å². The van der Waals surface area contributed by atoms with Gasteiger partial charge in [-0.2, -0.15) is 0 Å². The molecule has 0 aromatic heterocycles. The molecular formula is C14H18N2O4. The second kappa shape index (κ2) is 7.28. The summed E-state index contributed by atoms with van der Waals surface area (Å²) < 4.78 is 0. The molecule has 0 saturated carbocycles. The molecule has 108 valence electrons. The normalized spacial score (nSPS) is 9.90. The highest BCUT2D eigenvalue weighted by Crippen LogP contribution is 2.08. The van der Waals surface area contributed by atoms with Crippen LogP contribution in [-0.2, 0) is 16.0 Å². The first kappa shape index (κ1) is 15.7. The van der Waals surface area contributed by atoms with E-state index >= 15 is 0 Å². The average Bonchev–Trinajstić information content (AvgIpc) is 2.38. The van der Waals surface area contributed by atoms with Gasteiger partial charge in [0.2, 0.25) is 11.8 Å². The minimum Gasteiger partial charge on any atom is -0.478 e. The van der Waals surface area contributed by atoms with Crippen LogP contribution in [0.15, 0.2) is 24.3 Å². The van der Waals surface area contributed by atoms with E-state index in [9.17, 15) is 14.4 Å². The minimum atomic E-state index is -0.983. The zero-order valence-corrected chi connectivity index (χ0v) is 11.5. The SMILES string of the molecule is CC(=O)N(C)CC(=O)NCCc1ccccc1C(=O)O. The quantitative estimate of drug-likeness (QED) is 0.794. The molecule has 2 N–H and O–H groups in total. The summed E-state index contributed by atoms with van der Waals surface area (Å²) in [7, 11) is 1.54. The fraction of sp³-hybridized carbons (Fsp3) is 0.357. The number of hydrogen-bond acceptors (Lipinski definition) is 3. The third kappa shape index (κ3) is 4.72. The largest absolute Gasteiger partial charge is 0.478 e. The third-order valence-corrected chi connectivity index (χ3v) is 2.88. The van der Waals surface area contributed by atoms with Crippen molar-refractivity contribution in [3.05, 3.63) is 35.4 Å². The topological polar surface area (TPSA) is 86.7 Å². The molecule has 0 saturated heterocycles. The van der Waals surface area contributed by atoms with Gasteiger partial charge in [0, 0.05) is 20.5 Å². The van der Waals surface area contributed by atoms with Crippen LogP contribution in [0.1, 0.15) is 22.8 Å². The lowest BCUT2D eigenvalue weighted by Crippen LogP contribution is -2.38. The minimum absolute atomic E-state index is 0.00406. The number of carboxylic acids is 1. The summed E-state index contributed by atoms with van der Waals surface area (Å²) in [5.74, 6) is -1.44. The van der Waals surface area contributed by atoms with Crippen molar-refractivity contribution in [2.24, 2.45) is 0 Å². The van der Waals surface area contributed by atoms with Crippen molar-refractivity contribution in [3.8, 4) is 0 Å². The molecule has 0 aliphatic rings. The molecule has 2 amide bonds. The first-order valence-corrected chi connectivity index (χ1v) is 6.21. The second-order valence-electron chi connectivity index (χ2n) is 4.44. The lowest BCUT2D eigenvalue weighted by atomic mass is 10.0. The molecule has 20 heavy (non-hydrogen) atoms. The van der Waals surface area contributed by atoms with Gasteiger partial charge in [0.15, 0.2) is 0 Å². The van der Waals surface area contributed by atoms with E-state index in [4.69, 9.17) is 5.11 Å². The third-order valence-electron chi connectivity index (χ3n) is 2.88. The molecule has 0 aliphatic heterocycles. The number of nitrogens with zero attached hydrogens (tertiary/aromatic N) is 1. The summed E-state index contributed by atoms with van der Waals surface area (Å²) in [5, 5.41) is 11.7. The standard InChI is InChI=1S/C14H18N2O4/c1-10(17)16(2)9-13(18)15-8-7-11-5-3-4-6-12(11)14(19)20/h3-6H,7-9H2,1-2H3,(H,15,18)(H,19,20). The summed E-state index contributed by atoms with van der Waals surface area (Å²) in [4.78, 5) is 34.8. The monoisotopic (exact) mass is 278 g/mol. The number of carbonyl (C=O) groups excluding carboxylic acids is 2. The van der Waals surface area contributed by atoms with E-state index in [1.807, 2.05) is 0 Å². The van der Waals surface area contributed by atoms with E-state index in [0.717, 1.165) is 0 Å². The van der Waals surface area contributed by atoms with Crippen molar-refractivity contribution in [2.45, 2.75) is 13.3 Å². The highest BCUT2D eigenvalue weighted by Gasteiger charge is 2.10. The van der Waals surface area contributed by atoms with E-state index in [0.29, 0.717) is 18.5 Å². The predicted molar refractivity (Wildman–Crippen MR) is 73.4 cm³/mol.